The van der Waals surface area contributed by atoms with Crippen molar-refractivity contribution in [1.82, 2.24) is 30.2 Å². The van der Waals surface area contributed by atoms with Crippen molar-refractivity contribution in [3.63, 3.8) is 0 Å². The molecule has 0 radical (unpaired) electrons. The maximum absolute atomic E-state index is 12.5. The highest BCUT2D eigenvalue weighted by Crippen LogP contribution is 2.19. The van der Waals surface area contributed by atoms with E-state index in [2.05, 4.69) is 30.8 Å². The third kappa shape index (κ3) is 2.56. The van der Waals surface area contributed by atoms with Gasteiger partial charge in [-0.2, -0.15) is 4.68 Å². The smallest absolute Gasteiger partial charge is 0.275 e. The van der Waals surface area contributed by atoms with Crippen molar-refractivity contribution in [2.45, 2.75) is 0 Å². The second kappa shape index (κ2) is 5.84. The number of para-hydroxylation sites is 4. The highest BCUT2D eigenvalue weighted by atomic mass is 16.1. The molecule has 116 valence electrons. The molecule has 4 aromatic rings. The van der Waals surface area contributed by atoms with Gasteiger partial charge in [-0.05, 0) is 34.7 Å². The van der Waals surface area contributed by atoms with Crippen LogP contribution in [0, 0.1) is 0 Å². The van der Waals surface area contributed by atoms with Crippen LogP contribution < -0.4 is 5.32 Å². The van der Waals surface area contributed by atoms with Crippen LogP contribution in [0.25, 0.3) is 16.7 Å². The van der Waals surface area contributed by atoms with Crippen LogP contribution in [0.15, 0.2) is 61.1 Å². The molecule has 0 aliphatic heterocycles. The molecule has 0 saturated heterocycles. The maximum atomic E-state index is 12.5. The molecule has 0 spiro atoms. The Bertz CT molecular complexity index is 1010. The van der Waals surface area contributed by atoms with Gasteiger partial charge in [0.2, 0.25) is 0 Å². The summed E-state index contributed by atoms with van der Waals surface area (Å²) in [5.74, 6) is -0.353. The molecule has 2 heterocycles. The third-order valence-electron chi connectivity index (χ3n) is 3.43. The van der Waals surface area contributed by atoms with Crippen molar-refractivity contribution in [2.24, 2.45) is 0 Å². The molecule has 4 rings (SSSR count). The van der Waals surface area contributed by atoms with Crippen LogP contribution in [0.2, 0.25) is 0 Å². The van der Waals surface area contributed by atoms with E-state index in [9.17, 15) is 4.79 Å². The molecule has 0 bridgehead atoms. The molecule has 1 N–H and O–H groups in total. The van der Waals surface area contributed by atoms with Gasteiger partial charge in [-0.25, -0.2) is 4.98 Å². The average Bonchev–Trinajstić information content (AvgIpc) is 3.16. The summed E-state index contributed by atoms with van der Waals surface area (Å²) in [6.45, 7) is 0. The van der Waals surface area contributed by atoms with Gasteiger partial charge in [0.1, 0.15) is 12.0 Å². The van der Waals surface area contributed by atoms with E-state index in [-0.39, 0.29) is 11.6 Å². The summed E-state index contributed by atoms with van der Waals surface area (Å²) in [6.07, 6.45) is 2.91. The molecular formula is C16H11N7O. The summed E-state index contributed by atoms with van der Waals surface area (Å²) < 4.78 is 1.47. The number of benzene rings is 2. The zero-order valence-corrected chi connectivity index (χ0v) is 12.4. The number of tetrazole rings is 1. The quantitative estimate of drug-likeness (QED) is 0.619. The first kappa shape index (κ1) is 13.9. The Labute approximate surface area is 136 Å². The van der Waals surface area contributed by atoms with Crippen LogP contribution in [-0.2, 0) is 0 Å². The minimum atomic E-state index is -0.353. The van der Waals surface area contributed by atoms with E-state index in [0.717, 1.165) is 5.52 Å². The van der Waals surface area contributed by atoms with Gasteiger partial charge in [-0.15, -0.1) is 5.10 Å². The van der Waals surface area contributed by atoms with Crippen LogP contribution in [-0.4, -0.2) is 36.1 Å². The lowest BCUT2D eigenvalue weighted by molar-refractivity contribution is 0.102. The number of fused-ring (bicyclic) bond motifs is 1. The van der Waals surface area contributed by atoms with E-state index in [1.807, 2.05) is 36.4 Å². The second-order valence-electron chi connectivity index (χ2n) is 4.97. The molecule has 8 heteroatoms. The first-order valence-corrected chi connectivity index (χ1v) is 7.17. The number of hydrogen-bond acceptors (Lipinski definition) is 6. The van der Waals surface area contributed by atoms with Crippen LogP contribution in [0.5, 0.6) is 0 Å². The lowest BCUT2D eigenvalue weighted by Crippen LogP contribution is -2.16. The lowest BCUT2D eigenvalue weighted by atomic mass is 10.2. The van der Waals surface area contributed by atoms with E-state index in [4.69, 9.17) is 0 Å². The van der Waals surface area contributed by atoms with Crippen molar-refractivity contribution in [3.8, 4) is 5.69 Å². The molecule has 0 aliphatic carbocycles. The normalized spacial score (nSPS) is 10.7. The molecule has 0 fully saturated rings. The standard InChI is InChI=1S/C16H11N7O/c24-16(14-9-17-11-5-1-2-6-12(11)19-14)20-13-7-3-4-8-15(13)23-10-18-21-22-23/h1-10H,(H,20,24). The molecule has 0 unspecified atom stereocenters. The van der Waals surface area contributed by atoms with E-state index >= 15 is 0 Å². The highest BCUT2D eigenvalue weighted by molar-refractivity contribution is 6.04. The summed E-state index contributed by atoms with van der Waals surface area (Å²) in [5.41, 5.74) is 2.87. The fourth-order valence-electron chi connectivity index (χ4n) is 2.30. The van der Waals surface area contributed by atoms with Crippen molar-refractivity contribution >= 4 is 22.6 Å². The minimum absolute atomic E-state index is 0.236. The molecule has 0 atom stereocenters. The number of nitrogens with zero attached hydrogens (tertiary/aromatic N) is 6. The monoisotopic (exact) mass is 317 g/mol. The molecule has 24 heavy (non-hydrogen) atoms. The Balaban J connectivity index is 1.66. The Morgan fingerprint density at radius 2 is 1.79 bits per heavy atom. The Hall–Kier alpha value is -3.68. The summed E-state index contributed by atoms with van der Waals surface area (Å²) in [7, 11) is 0. The predicted molar refractivity (Wildman–Crippen MR) is 86.6 cm³/mol. The van der Waals surface area contributed by atoms with Crippen LogP contribution in [0.4, 0.5) is 5.69 Å². The fourth-order valence-corrected chi connectivity index (χ4v) is 2.30. The van der Waals surface area contributed by atoms with Gasteiger partial charge < -0.3 is 5.32 Å². The molecule has 2 aromatic heterocycles. The Morgan fingerprint density at radius 3 is 2.62 bits per heavy atom. The lowest BCUT2D eigenvalue weighted by Gasteiger charge is -2.09. The van der Waals surface area contributed by atoms with Gasteiger partial charge in [0.15, 0.2) is 0 Å². The fraction of sp³-hybridized carbons (Fsp3) is 0. The third-order valence-corrected chi connectivity index (χ3v) is 3.43. The number of carbonyl (C=O) groups is 1. The molecule has 8 nitrogen and oxygen atoms in total. The number of nitrogens with one attached hydrogen (secondary N) is 1. The van der Waals surface area contributed by atoms with Gasteiger partial charge in [-0.3, -0.25) is 9.78 Å². The topological polar surface area (TPSA) is 98.5 Å². The number of carbonyl (C=O) groups excluding carboxylic acids is 1. The van der Waals surface area contributed by atoms with Gasteiger partial charge in [-0.1, -0.05) is 24.3 Å². The molecule has 0 saturated carbocycles. The molecule has 0 aliphatic rings. The van der Waals surface area contributed by atoms with Gasteiger partial charge in [0.25, 0.3) is 5.91 Å². The van der Waals surface area contributed by atoms with Crippen molar-refractivity contribution in [2.75, 3.05) is 5.32 Å². The Morgan fingerprint density at radius 1 is 1.00 bits per heavy atom. The maximum Gasteiger partial charge on any atom is 0.275 e. The molecular weight excluding hydrogens is 306 g/mol. The first-order valence-electron chi connectivity index (χ1n) is 7.17. The average molecular weight is 317 g/mol. The van der Waals surface area contributed by atoms with Crippen molar-refractivity contribution in [3.05, 3.63) is 66.7 Å². The largest absolute Gasteiger partial charge is 0.319 e. The van der Waals surface area contributed by atoms with Gasteiger partial charge >= 0.3 is 0 Å². The van der Waals surface area contributed by atoms with Crippen LogP contribution >= 0.6 is 0 Å². The minimum Gasteiger partial charge on any atom is -0.319 e. The summed E-state index contributed by atoms with van der Waals surface area (Å²) in [6, 6.07) is 14.6. The predicted octanol–water partition coefficient (Wildman–Crippen LogP) is 1.86. The number of hydrogen-bond donors (Lipinski definition) is 1. The SMILES string of the molecule is O=C(Nc1ccccc1-n1cnnn1)c1cnc2ccccc2n1. The number of aromatic nitrogens is 6. The Kier molecular flexibility index (Phi) is 3.39. The van der Waals surface area contributed by atoms with Crippen LogP contribution in [0.1, 0.15) is 10.5 Å². The van der Waals surface area contributed by atoms with E-state index in [1.165, 1.54) is 17.2 Å². The highest BCUT2D eigenvalue weighted by Gasteiger charge is 2.13. The summed E-state index contributed by atoms with van der Waals surface area (Å²) in [5, 5.41) is 13.9. The van der Waals surface area contributed by atoms with Crippen molar-refractivity contribution in [1.29, 1.82) is 0 Å². The van der Waals surface area contributed by atoms with E-state index < -0.39 is 0 Å². The van der Waals surface area contributed by atoms with Crippen LogP contribution in [0.3, 0.4) is 0 Å². The van der Waals surface area contributed by atoms with Gasteiger partial charge in [0.05, 0.1) is 28.6 Å². The number of anilines is 1. The molecule has 2 aromatic carbocycles. The van der Waals surface area contributed by atoms with E-state index in [0.29, 0.717) is 16.9 Å². The van der Waals surface area contributed by atoms with Gasteiger partial charge in [0, 0.05) is 0 Å². The van der Waals surface area contributed by atoms with Crippen molar-refractivity contribution < 1.29 is 4.79 Å². The second-order valence-corrected chi connectivity index (χ2v) is 4.97. The number of amides is 1. The molecule has 1 amide bonds. The zero-order valence-electron chi connectivity index (χ0n) is 12.4. The first-order chi connectivity index (χ1) is 11.8. The summed E-state index contributed by atoms with van der Waals surface area (Å²) in [4.78, 5) is 21.1. The number of rotatable bonds is 3. The zero-order chi connectivity index (χ0) is 16.4. The summed E-state index contributed by atoms with van der Waals surface area (Å²) >= 11 is 0. The van der Waals surface area contributed by atoms with E-state index in [1.54, 1.807) is 12.1 Å².